The van der Waals surface area contributed by atoms with Gasteiger partial charge in [-0.15, -0.1) is 0 Å². The molecular formula is C12H12BrN3O2S. The second-order valence-corrected chi connectivity index (χ2v) is 5.60. The average Bonchev–Trinajstić information content (AvgIpc) is 2.33. The molecule has 0 aromatic heterocycles. The highest BCUT2D eigenvalue weighted by molar-refractivity contribution is 9.10. The molecule has 100 valence electrons. The topological polar surface area (TPSA) is 75.4 Å². The first kappa shape index (κ1) is 14.0. The fourth-order valence-electron chi connectivity index (χ4n) is 1.96. The molecule has 1 atom stereocenters. The summed E-state index contributed by atoms with van der Waals surface area (Å²) in [6.07, 6.45) is 0. The van der Waals surface area contributed by atoms with E-state index in [-0.39, 0.29) is 23.3 Å². The molecule has 1 fully saturated rings. The maximum Gasteiger partial charge on any atom is 0.249 e. The van der Waals surface area contributed by atoms with E-state index in [4.69, 9.17) is 18.0 Å². The van der Waals surface area contributed by atoms with Crippen LogP contribution in [0.1, 0.15) is 12.5 Å². The van der Waals surface area contributed by atoms with Crippen LogP contribution in [0.2, 0.25) is 0 Å². The Morgan fingerprint density at radius 2 is 2.21 bits per heavy atom. The van der Waals surface area contributed by atoms with Crippen molar-refractivity contribution in [3.63, 3.8) is 0 Å². The lowest BCUT2D eigenvalue weighted by molar-refractivity contribution is -0.132. The second kappa shape index (κ2) is 5.26. The molecule has 1 heterocycles. The summed E-state index contributed by atoms with van der Waals surface area (Å²) in [7, 11) is 0. The van der Waals surface area contributed by atoms with Gasteiger partial charge < -0.3 is 10.6 Å². The molecule has 1 aromatic carbocycles. The van der Waals surface area contributed by atoms with Crippen molar-refractivity contribution in [3.8, 4) is 0 Å². The first-order valence-corrected chi connectivity index (χ1v) is 6.80. The summed E-state index contributed by atoms with van der Waals surface area (Å²) in [5, 5.41) is 2.30. The zero-order valence-electron chi connectivity index (χ0n) is 10.1. The van der Waals surface area contributed by atoms with E-state index in [1.807, 2.05) is 6.07 Å². The highest BCUT2D eigenvalue weighted by Crippen LogP contribution is 2.27. The fourth-order valence-corrected chi connectivity index (χ4v) is 2.48. The normalized spacial score (nSPS) is 19.3. The van der Waals surface area contributed by atoms with Crippen LogP contribution in [0, 0.1) is 0 Å². The molecule has 2 amide bonds. The van der Waals surface area contributed by atoms with E-state index in [2.05, 4.69) is 21.2 Å². The van der Waals surface area contributed by atoms with Gasteiger partial charge >= 0.3 is 0 Å². The summed E-state index contributed by atoms with van der Waals surface area (Å²) in [5.74, 6) is -0.665. The maximum absolute atomic E-state index is 11.7. The Hall–Kier alpha value is -1.47. The van der Waals surface area contributed by atoms with E-state index in [1.165, 1.54) is 0 Å². The molecule has 0 bridgehead atoms. The number of rotatable bonds is 2. The van der Waals surface area contributed by atoms with Crippen LogP contribution in [-0.2, 0) is 9.59 Å². The SMILES string of the molecule is CC1C(=O)NC(=O)CN1c1cc(Br)ccc1C(N)=S. The van der Waals surface area contributed by atoms with Gasteiger partial charge in [0.15, 0.2) is 0 Å². The Morgan fingerprint density at radius 1 is 1.53 bits per heavy atom. The number of carbonyl (C=O) groups excluding carboxylic acids is 2. The number of halogens is 1. The number of imide groups is 1. The van der Waals surface area contributed by atoms with Crippen molar-refractivity contribution >= 4 is 50.6 Å². The zero-order chi connectivity index (χ0) is 14.2. The molecule has 3 N–H and O–H groups in total. The highest BCUT2D eigenvalue weighted by Gasteiger charge is 2.31. The molecule has 0 radical (unpaired) electrons. The smallest absolute Gasteiger partial charge is 0.249 e. The number of carbonyl (C=O) groups is 2. The van der Waals surface area contributed by atoms with Gasteiger partial charge in [-0.2, -0.15) is 0 Å². The standard InChI is InChI=1S/C12H12BrN3O2S/c1-6-12(18)15-10(17)5-16(6)9-4-7(13)2-3-8(9)11(14)19/h2-4,6H,5H2,1H3,(H2,14,19)(H,15,17,18). The lowest BCUT2D eigenvalue weighted by atomic mass is 10.1. The Morgan fingerprint density at radius 3 is 2.84 bits per heavy atom. The summed E-state index contributed by atoms with van der Waals surface area (Å²) in [6, 6.07) is 4.93. The molecule has 0 aliphatic carbocycles. The molecule has 5 nitrogen and oxygen atoms in total. The molecule has 1 unspecified atom stereocenters. The minimum Gasteiger partial charge on any atom is -0.389 e. The number of nitrogens with two attached hydrogens (primary N) is 1. The number of piperazine rings is 1. The van der Waals surface area contributed by atoms with Crippen molar-refractivity contribution in [1.29, 1.82) is 0 Å². The van der Waals surface area contributed by atoms with Crippen LogP contribution in [0.15, 0.2) is 22.7 Å². The van der Waals surface area contributed by atoms with Gasteiger partial charge in [0.2, 0.25) is 11.8 Å². The second-order valence-electron chi connectivity index (χ2n) is 4.24. The summed E-state index contributed by atoms with van der Waals surface area (Å²) in [4.78, 5) is 25.1. The molecule has 1 saturated heterocycles. The molecule has 1 aromatic rings. The van der Waals surface area contributed by atoms with Crippen molar-refractivity contribution in [3.05, 3.63) is 28.2 Å². The Balaban J connectivity index is 2.50. The maximum atomic E-state index is 11.7. The first-order chi connectivity index (χ1) is 8.90. The van der Waals surface area contributed by atoms with Crippen LogP contribution in [0.25, 0.3) is 0 Å². The number of thiocarbonyl (C=S) groups is 1. The van der Waals surface area contributed by atoms with E-state index in [0.717, 1.165) is 4.47 Å². The van der Waals surface area contributed by atoms with E-state index in [1.54, 1.807) is 24.0 Å². The summed E-state index contributed by atoms with van der Waals surface area (Å²) < 4.78 is 0.827. The lowest BCUT2D eigenvalue weighted by Gasteiger charge is -2.34. The van der Waals surface area contributed by atoms with Gasteiger partial charge in [0.05, 0.1) is 6.54 Å². The lowest BCUT2D eigenvalue weighted by Crippen LogP contribution is -2.57. The van der Waals surface area contributed by atoms with Gasteiger partial charge in [-0.05, 0) is 25.1 Å². The van der Waals surface area contributed by atoms with Gasteiger partial charge in [0, 0.05) is 15.7 Å². The van der Waals surface area contributed by atoms with E-state index < -0.39 is 6.04 Å². The summed E-state index contributed by atoms with van der Waals surface area (Å²) in [6.45, 7) is 1.82. The van der Waals surface area contributed by atoms with Crippen molar-refractivity contribution in [2.24, 2.45) is 5.73 Å². The van der Waals surface area contributed by atoms with Gasteiger partial charge in [-0.25, -0.2) is 0 Å². The van der Waals surface area contributed by atoms with Crippen molar-refractivity contribution in [2.75, 3.05) is 11.4 Å². The minimum atomic E-state index is -0.458. The molecule has 1 aliphatic heterocycles. The van der Waals surface area contributed by atoms with Crippen LogP contribution >= 0.6 is 28.1 Å². The van der Waals surface area contributed by atoms with Crippen LogP contribution in [-0.4, -0.2) is 29.4 Å². The molecule has 0 spiro atoms. The van der Waals surface area contributed by atoms with Gasteiger partial charge in [0.25, 0.3) is 0 Å². The first-order valence-electron chi connectivity index (χ1n) is 5.60. The zero-order valence-corrected chi connectivity index (χ0v) is 12.5. The molecule has 0 saturated carbocycles. The monoisotopic (exact) mass is 341 g/mol. The van der Waals surface area contributed by atoms with E-state index in [0.29, 0.717) is 11.3 Å². The predicted molar refractivity (Wildman–Crippen MR) is 80.0 cm³/mol. The number of nitrogens with zero attached hydrogens (tertiary/aromatic N) is 1. The third-order valence-corrected chi connectivity index (χ3v) is 3.67. The van der Waals surface area contributed by atoms with Crippen LogP contribution in [0.5, 0.6) is 0 Å². The third-order valence-electron chi connectivity index (χ3n) is 2.96. The van der Waals surface area contributed by atoms with Crippen LogP contribution < -0.4 is 16.0 Å². The summed E-state index contributed by atoms with van der Waals surface area (Å²) >= 11 is 8.38. The summed E-state index contributed by atoms with van der Waals surface area (Å²) in [5.41, 5.74) is 7.01. The van der Waals surface area contributed by atoms with Gasteiger partial charge in [-0.3, -0.25) is 14.9 Å². The largest absolute Gasteiger partial charge is 0.389 e. The average molecular weight is 342 g/mol. The van der Waals surface area contributed by atoms with Gasteiger partial charge in [0.1, 0.15) is 11.0 Å². The van der Waals surface area contributed by atoms with Crippen molar-refractivity contribution < 1.29 is 9.59 Å². The number of amides is 2. The van der Waals surface area contributed by atoms with Crippen LogP contribution in [0.4, 0.5) is 5.69 Å². The Kier molecular flexibility index (Phi) is 3.86. The number of anilines is 1. The van der Waals surface area contributed by atoms with Crippen LogP contribution in [0.3, 0.4) is 0 Å². The molecule has 1 aliphatic rings. The fraction of sp³-hybridized carbons (Fsp3) is 0.250. The molecular weight excluding hydrogens is 330 g/mol. The van der Waals surface area contributed by atoms with Crippen molar-refractivity contribution in [1.82, 2.24) is 5.32 Å². The Labute approximate surface area is 124 Å². The van der Waals surface area contributed by atoms with E-state index in [9.17, 15) is 9.59 Å². The predicted octanol–water partition coefficient (Wildman–Crippen LogP) is 0.935. The minimum absolute atomic E-state index is 0.0962. The molecule has 19 heavy (non-hydrogen) atoms. The highest BCUT2D eigenvalue weighted by atomic mass is 79.9. The third kappa shape index (κ3) is 2.76. The van der Waals surface area contributed by atoms with E-state index >= 15 is 0 Å². The number of benzene rings is 1. The number of hydrogen-bond donors (Lipinski definition) is 2. The van der Waals surface area contributed by atoms with Gasteiger partial charge in [-0.1, -0.05) is 28.1 Å². The molecule has 2 rings (SSSR count). The van der Waals surface area contributed by atoms with Crippen molar-refractivity contribution in [2.45, 2.75) is 13.0 Å². The number of hydrogen-bond acceptors (Lipinski definition) is 4. The molecule has 7 heteroatoms. The Bertz CT molecular complexity index is 576. The quantitative estimate of drug-likeness (QED) is 0.618. The number of nitrogens with one attached hydrogen (secondary N) is 1.